The summed E-state index contributed by atoms with van der Waals surface area (Å²) >= 11 is 0. The Bertz CT molecular complexity index is 361. The fraction of sp³-hybridized carbons (Fsp3) is 0.533. The molecule has 0 heterocycles. The van der Waals surface area contributed by atoms with Crippen molar-refractivity contribution in [2.75, 3.05) is 6.61 Å². The summed E-state index contributed by atoms with van der Waals surface area (Å²) in [6.07, 6.45) is 5.69. The maximum atomic E-state index is 11.7. The molecule has 1 N–H and O–H groups in total. The third-order valence-corrected chi connectivity index (χ3v) is 2.83. The summed E-state index contributed by atoms with van der Waals surface area (Å²) in [5, 5.41) is 8.99. The Labute approximate surface area is 109 Å². The SMILES string of the molecule is CCCCCCCOC(=O)c1cccc(CO)c1. The third-order valence-electron chi connectivity index (χ3n) is 2.83. The lowest BCUT2D eigenvalue weighted by Gasteiger charge is -2.05. The van der Waals surface area contributed by atoms with Crippen LogP contribution in [0.4, 0.5) is 0 Å². The van der Waals surface area contributed by atoms with E-state index in [9.17, 15) is 4.79 Å². The molecule has 0 aliphatic carbocycles. The molecule has 0 unspecified atom stereocenters. The second-order valence-corrected chi connectivity index (χ2v) is 4.41. The van der Waals surface area contributed by atoms with Gasteiger partial charge in [0.25, 0.3) is 0 Å². The smallest absolute Gasteiger partial charge is 0.338 e. The van der Waals surface area contributed by atoms with Crippen molar-refractivity contribution in [3.63, 3.8) is 0 Å². The van der Waals surface area contributed by atoms with Crippen LogP contribution in [0.3, 0.4) is 0 Å². The van der Waals surface area contributed by atoms with Crippen LogP contribution in [0.25, 0.3) is 0 Å². The van der Waals surface area contributed by atoms with Crippen LogP contribution in [0.5, 0.6) is 0 Å². The van der Waals surface area contributed by atoms with Gasteiger partial charge in [-0.1, -0.05) is 44.7 Å². The number of carbonyl (C=O) groups is 1. The molecular formula is C15H22O3. The van der Waals surface area contributed by atoms with Crippen molar-refractivity contribution in [2.45, 2.75) is 45.6 Å². The van der Waals surface area contributed by atoms with Crippen molar-refractivity contribution in [1.82, 2.24) is 0 Å². The minimum Gasteiger partial charge on any atom is -0.462 e. The molecule has 1 aromatic carbocycles. The molecule has 0 radical (unpaired) electrons. The van der Waals surface area contributed by atoms with Crippen molar-refractivity contribution in [3.8, 4) is 0 Å². The second kappa shape index (κ2) is 8.70. The van der Waals surface area contributed by atoms with Gasteiger partial charge in [0.2, 0.25) is 0 Å². The van der Waals surface area contributed by atoms with Gasteiger partial charge in [0.1, 0.15) is 0 Å². The van der Waals surface area contributed by atoms with Gasteiger partial charge in [-0.25, -0.2) is 4.79 Å². The van der Waals surface area contributed by atoms with Gasteiger partial charge in [-0.2, -0.15) is 0 Å². The van der Waals surface area contributed by atoms with Crippen molar-refractivity contribution in [1.29, 1.82) is 0 Å². The minimum absolute atomic E-state index is 0.0574. The van der Waals surface area contributed by atoms with Crippen molar-refractivity contribution >= 4 is 5.97 Å². The van der Waals surface area contributed by atoms with E-state index in [1.165, 1.54) is 19.3 Å². The average molecular weight is 250 g/mol. The van der Waals surface area contributed by atoms with Crippen LogP contribution in [0.2, 0.25) is 0 Å². The molecule has 0 fully saturated rings. The summed E-state index contributed by atoms with van der Waals surface area (Å²) in [6.45, 7) is 2.60. The molecule has 100 valence electrons. The standard InChI is InChI=1S/C15H22O3/c1-2-3-4-5-6-10-18-15(17)14-9-7-8-13(11-14)12-16/h7-9,11,16H,2-6,10,12H2,1H3. The highest BCUT2D eigenvalue weighted by atomic mass is 16.5. The van der Waals surface area contributed by atoms with E-state index in [0.29, 0.717) is 12.2 Å². The van der Waals surface area contributed by atoms with Crippen LogP contribution in [0, 0.1) is 0 Å². The molecular weight excluding hydrogens is 228 g/mol. The molecule has 3 heteroatoms. The van der Waals surface area contributed by atoms with Crippen LogP contribution in [-0.2, 0) is 11.3 Å². The molecule has 1 aromatic rings. The van der Waals surface area contributed by atoms with E-state index in [0.717, 1.165) is 18.4 Å². The summed E-state index contributed by atoms with van der Waals surface area (Å²) in [6, 6.07) is 6.91. The van der Waals surface area contributed by atoms with Crippen LogP contribution >= 0.6 is 0 Å². The van der Waals surface area contributed by atoms with E-state index in [-0.39, 0.29) is 12.6 Å². The quantitative estimate of drug-likeness (QED) is 0.568. The zero-order chi connectivity index (χ0) is 13.2. The number of benzene rings is 1. The highest BCUT2D eigenvalue weighted by Gasteiger charge is 2.06. The van der Waals surface area contributed by atoms with Crippen LogP contribution in [-0.4, -0.2) is 17.7 Å². The Balaban J connectivity index is 2.27. The zero-order valence-electron chi connectivity index (χ0n) is 11.0. The van der Waals surface area contributed by atoms with E-state index in [2.05, 4.69) is 6.92 Å². The number of ether oxygens (including phenoxy) is 1. The van der Waals surface area contributed by atoms with Gasteiger partial charge in [0, 0.05) is 0 Å². The van der Waals surface area contributed by atoms with Gasteiger partial charge in [-0.05, 0) is 24.1 Å². The lowest BCUT2D eigenvalue weighted by atomic mass is 10.1. The highest BCUT2D eigenvalue weighted by Crippen LogP contribution is 2.08. The summed E-state index contributed by atoms with van der Waals surface area (Å²) in [4.78, 5) is 11.7. The summed E-state index contributed by atoms with van der Waals surface area (Å²) in [5.41, 5.74) is 1.24. The van der Waals surface area contributed by atoms with Crippen molar-refractivity contribution in [2.24, 2.45) is 0 Å². The van der Waals surface area contributed by atoms with E-state index in [1.54, 1.807) is 24.3 Å². The van der Waals surface area contributed by atoms with Gasteiger partial charge >= 0.3 is 5.97 Å². The number of unbranched alkanes of at least 4 members (excludes halogenated alkanes) is 4. The number of aliphatic hydroxyl groups is 1. The lowest BCUT2D eigenvalue weighted by Crippen LogP contribution is -2.06. The number of aliphatic hydroxyl groups excluding tert-OH is 1. The predicted molar refractivity (Wildman–Crippen MR) is 71.4 cm³/mol. The number of hydrogen-bond acceptors (Lipinski definition) is 3. The monoisotopic (exact) mass is 250 g/mol. The normalized spacial score (nSPS) is 10.3. The van der Waals surface area contributed by atoms with Gasteiger partial charge in [-0.3, -0.25) is 0 Å². The molecule has 0 saturated carbocycles. The predicted octanol–water partition coefficient (Wildman–Crippen LogP) is 3.31. The molecule has 0 aromatic heterocycles. The first-order chi connectivity index (χ1) is 8.77. The Kier molecular flexibility index (Phi) is 7.11. The topological polar surface area (TPSA) is 46.5 Å². The van der Waals surface area contributed by atoms with Crippen LogP contribution in [0.1, 0.15) is 54.9 Å². The first kappa shape index (κ1) is 14.7. The summed E-state index contributed by atoms with van der Waals surface area (Å²) < 4.78 is 5.19. The zero-order valence-corrected chi connectivity index (χ0v) is 11.0. The molecule has 3 nitrogen and oxygen atoms in total. The first-order valence-corrected chi connectivity index (χ1v) is 6.65. The number of esters is 1. The maximum Gasteiger partial charge on any atom is 0.338 e. The highest BCUT2D eigenvalue weighted by molar-refractivity contribution is 5.89. The third kappa shape index (κ3) is 5.32. The lowest BCUT2D eigenvalue weighted by molar-refractivity contribution is 0.0497. The molecule has 0 aliphatic heterocycles. The molecule has 0 atom stereocenters. The average Bonchev–Trinajstić information content (AvgIpc) is 2.42. The largest absolute Gasteiger partial charge is 0.462 e. The Hall–Kier alpha value is -1.35. The van der Waals surface area contributed by atoms with Gasteiger partial charge in [0.15, 0.2) is 0 Å². The van der Waals surface area contributed by atoms with E-state index >= 15 is 0 Å². The number of carbonyl (C=O) groups excluding carboxylic acids is 1. The van der Waals surface area contributed by atoms with Crippen molar-refractivity contribution in [3.05, 3.63) is 35.4 Å². The molecule has 18 heavy (non-hydrogen) atoms. The first-order valence-electron chi connectivity index (χ1n) is 6.65. The van der Waals surface area contributed by atoms with E-state index < -0.39 is 0 Å². The Morgan fingerprint density at radius 2 is 2.00 bits per heavy atom. The van der Waals surface area contributed by atoms with Gasteiger partial charge in [0.05, 0.1) is 18.8 Å². The molecule has 0 amide bonds. The summed E-state index contributed by atoms with van der Waals surface area (Å²) in [7, 11) is 0. The molecule has 0 saturated heterocycles. The fourth-order valence-electron chi connectivity index (χ4n) is 1.75. The van der Waals surface area contributed by atoms with Crippen LogP contribution < -0.4 is 0 Å². The van der Waals surface area contributed by atoms with E-state index in [1.807, 2.05) is 0 Å². The van der Waals surface area contributed by atoms with E-state index in [4.69, 9.17) is 9.84 Å². The Morgan fingerprint density at radius 1 is 1.22 bits per heavy atom. The second-order valence-electron chi connectivity index (χ2n) is 4.41. The molecule has 0 bridgehead atoms. The maximum absolute atomic E-state index is 11.7. The Morgan fingerprint density at radius 3 is 2.72 bits per heavy atom. The fourth-order valence-corrected chi connectivity index (χ4v) is 1.75. The molecule has 1 rings (SSSR count). The van der Waals surface area contributed by atoms with Crippen LogP contribution in [0.15, 0.2) is 24.3 Å². The van der Waals surface area contributed by atoms with Gasteiger partial charge < -0.3 is 9.84 Å². The molecule has 0 spiro atoms. The van der Waals surface area contributed by atoms with Gasteiger partial charge in [-0.15, -0.1) is 0 Å². The molecule has 0 aliphatic rings. The van der Waals surface area contributed by atoms with Crippen molar-refractivity contribution < 1.29 is 14.6 Å². The number of rotatable bonds is 8. The number of hydrogen-bond donors (Lipinski definition) is 1. The summed E-state index contributed by atoms with van der Waals surface area (Å²) in [5.74, 6) is -0.305. The minimum atomic E-state index is -0.305.